The van der Waals surface area contributed by atoms with E-state index in [4.69, 9.17) is 0 Å². The molecule has 3 rings (SSSR count). The molecule has 0 N–H and O–H groups in total. The van der Waals surface area contributed by atoms with Crippen molar-refractivity contribution in [3.8, 4) is 11.3 Å². The largest absolute Gasteiger partial charge is 0.337 e. The van der Waals surface area contributed by atoms with Crippen LogP contribution in [0.5, 0.6) is 0 Å². The van der Waals surface area contributed by atoms with Crippen LogP contribution in [-0.2, 0) is 6.54 Å². The molecule has 0 radical (unpaired) electrons. The van der Waals surface area contributed by atoms with E-state index in [-0.39, 0.29) is 5.91 Å². The molecule has 122 valence electrons. The second-order valence-corrected chi connectivity index (χ2v) is 8.11. The van der Waals surface area contributed by atoms with Gasteiger partial charge in [0.15, 0.2) is 0 Å². The van der Waals surface area contributed by atoms with Gasteiger partial charge in [0.2, 0.25) is 0 Å². The maximum atomic E-state index is 12.7. The first-order valence-electron chi connectivity index (χ1n) is 7.57. The van der Waals surface area contributed by atoms with Crippen LogP contribution in [-0.4, -0.2) is 22.8 Å². The van der Waals surface area contributed by atoms with Gasteiger partial charge in [0.25, 0.3) is 5.91 Å². The average molecular weight is 401 g/mol. The number of aryl methyl sites for hydroxylation is 1. The van der Waals surface area contributed by atoms with Crippen LogP contribution in [0, 0.1) is 6.92 Å². The number of benzene rings is 1. The summed E-state index contributed by atoms with van der Waals surface area (Å²) >= 11 is 5.09. The van der Waals surface area contributed by atoms with E-state index in [0.717, 1.165) is 25.6 Å². The number of aromatic nitrogens is 1. The van der Waals surface area contributed by atoms with Gasteiger partial charge in [-0.05, 0) is 47.1 Å². The molecule has 0 aliphatic rings. The smallest absolute Gasteiger partial charge is 0.255 e. The highest BCUT2D eigenvalue weighted by Crippen LogP contribution is 2.24. The van der Waals surface area contributed by atoms with Gasteiger partial charge < -0.3 is 4.90 Å². The van der Waals surface area contributed by atoms with E-state index in [2.05, 4.69) is 20.9 Å². The third kappa shape index (κ3) is 3.74. The van der Waals surface area contributed by atoms with Crippen molar-refractivity contribution < 1.29 is 4.79 Å². The molecule has 0 unspecified atom stereocenters. The van der Waals surface area contributed by atoms with Crippen molar-refractivity contribution in [1.29, 1.82) is 0 Å². The van der Waals surface area contributed by atoms with Gasteiger partial charge in [-0.3, -0.25) is 9.78 Å². The lowest BCUT2D eigenvalue weighted by molar-refractivity contribution is 0.0785. The van der Waals surface area contributed by atoms with Crippen molar-refractivity contribution in [3.63, 3.8) is 0 Å². The molecule has 1 amide bonds. The Balaban J connectivity index is 1.80. The van der Waals surface area contributed by atoms with Crippen molar-refractivity contribution in [2.75, 3.05) is 7.05 Å². The summed E-state index contributed by atoms with van der Waals surface area (Å²) in [5.74, 6) is -0.0101. The number of hydrogen-bond donors (Lipinski definition) is 0. The van der Waals surface area contributed by atoms with Crippen LogP contribution in [0.3, 0.4) is 0 Å². The Morgan fingerprint density at radius 1 is 1.12 bits per heavy atom. The molecule has 24 heavy (non-hydrogen) atoms. The van der Waals surface area contributed by atoms with Crippen LogP contribution < -0.4 is 0 Å². The quantitative estimate of drug-likeness (QED) is 0.606. The first-order valence-corrected chi connectivity index (χ1v) is 9.18. The highest BCUT2D eigenvalue weighted by Gasteiger charge is 2.16. The van der Waals surface area contributed by atoms with E-state index in [0.29, 0.717) is 12.1 Å². The Labute approximate surface area is 154 Å². The lowest BCUT2D eigenvalue weighted by atomic mass is 10.1. The molecule has 1 aromatic carbocycles. The molecule has 0 bridgehead atoms. The number of nitrogens with zero attached hydrogens (tertiary/aromatic N) is 2. The van der Waals surface area contributed by atoms with Crippen molar-refractivity contribution in [2.24, 2.45) is 0 Å². The fourth-order valence-corrected chi connectivity index (χ4v) is 4.04. The minimum Gasteiger partial charge on any atom is -0.337 e. The van der Waals surface area contributed by atoms with Crippen molar-refractivity contribution >= 4 is 33.2 Å². The molecule has 0 saturated heterocycles. The molecular formula is C19H17BrN2OS. The van der Waals surface area contributed by atoms with Crippen LogP contribution in [0.15, 0.2) is 58.4 Å². The average Bonchev–Trinajstić information content (AvgIpc) is 3.00. The zero-order valence-electron chi connectivity index (χ0n) is 13.5. The molecule has 0 saturated carbocycles. The lowest BCUT2D eigenvalue weighted by Gasteiger charge is -2.17. The van der Waals surface area contributed by atoms with Gasteiger partial charge in [-0.15, -0.1) is 11.3 Å². The van der Waals surface area contributed by atoms with Gasteiger partial charge in [-0.1, -0.05) is 30.3 Å². The number of pyridine rings is 1. The SMILES string of the molecule is Cc1nc(-c2ccccc2)ccc1C(=O)N(C)Cc1ccc(Br)s1. The fraction of sp³-hybridized carbons (Fsp3) is 0.158. The molecule has 5 heteroatoms. The summed E-state index contributed by atoms with van der Waals surface area (Å²) in [7, 11) is 1.82. The predicted octanol–water partition coefficient (Wildman–Crippen LogP) is 5.15. The zero-order chi connectivity index (χ0) is 17.1. The summed E-state index contributed by atoms with van der Waals surface area (Å²) in [6, 6.07) is 17.8. The van der Waals surface area contributed by atoms with Gasteiger partial charge in [-0.25, -0.2) is 0 Å². The molecule has 3 nitrogen and oxygen atoms in total. The van der Waals surface area contributed by atoms with Gasteiger partial charge in [0.1, 0.15) is 0 Å². The third-order valence-corrected chi connectivity index (χ3v) is 5.36. The second-order valence-electron chi connectivity index (χ2n) is 5.56. The van der Waals surface area contributed by atoms with E-state index in [1.807, 2.05) is 68.6 Å². The number of carbonyl (C=O) groups excluding carboxylic acids is 1. The second kappa shape index (κ2) is 7.28. The molecule has 0 aliphatic heterocycles. The Kier molecular flexibility index (Phi) is 5.11. The fourth-order valence-electron chi connectivity index (χ4n) is 2.50. The standard InChI is InChI=1S/C19H17BrN2OS/c1-13-16(9-10-17(21-13)14-6-4-3-5-7-14)19(23)22(2)12-15-8-11-18(20)24-15/h3-11H,12H2,1-2H3. The van der Waals surface area contributed by atoms with Crippen LogP contribution in [0.1, 0.15) is 20.9 Å². The highest BCUT2D eigenvalue weighted by atomic mass is 79.9. The van der Waals surface area contributed by atoms with Crippen LogP contribution in [0.4, 0.5) is 0 Å². The molecule has 3 aromatic rings. The highest BCUT2D eigenvalue weighted by molar-refractivity contribution is 9.11. The first-order chi connectivity index (χ1) is 11.5. The zero-order valence-corrected chi connectivity index (χ0v) is 15.9. The Hall–Kier alpha value is -1.98. The van der Waals surface area contributed by atoms with Gasteiger partial charge in [0.05, 0.1) is 27.3 Å². The number of hydrogen-bond acceptors (Lipinski definition) is 3. The monoisotopic (exact) mass is 400 g/mol. The van der Waals surface area contributed by atoms with Crippen LogP contribution in [0.25, 0.3) is 11.3 Å². The van der Waals surface area contributed by atoms with E-state index in [1.165, 1.54) is 0 Å². The van der Waals surface area contributed by atoms with Crippen LogP contribution >= 0.6 is 27.3 Å². The first kappa shape index (κ1) is 16.9. The van der Waals surface area contributed by atoms with Gasteiger partial charge in [0, 0.05) is 17.5 Å². The normalized spacial score (nSPS) is 10.6. The topological polar surface area (TPSA) is 33.2 Å². The number of amides is 1. The number of rotatable bonds is 4. The predicted molar refractivity (Wildman–Crippen MR) is 102 cm³/mol. The minimum absolute atomic E-state index is 0.0101. The Bertz CT molecular complexity index is 861. The van der Waals surface area contributed by atoms with E-state index in [9.17, 15) is 4.79 Å². The van der Waals surface area contributed by atoms with E-state index < -0.39 is 0 Å². The van der Waals surface area contributed by atoms with E-state index >= 15 is 0 Å². The Morgan fingerprint density at radius 3 is 2.50 bits per heavy atom. The van der Waals surface area contributed by atoms with Gasteiger partial charge >= 0.3 is 0 Å². The summed E-state index contributed by atoms with van der Waals surface area (Å²) in [6.07, 6.45) is 0. The lowest BCUT2D eigenvalue weighted by Crippen LogP contribution is -2.26. The third-order valence-electron chi connectivity index (χ3n) is 3.75. The van der Waals surface area contributed by atoms with E-state index in [1.54, 1.807) is 16.2 Å². The summed E-state index contributed by atoms with van der Waals surface area (Å²) in [5, 5.41) is 0. The summed E-state index contributed by atoms with van der Waals surface area (Å²) in [5.41, 5.74) is 3.33. The van der Waals surface area contributed by atoms with Crippen molar-refractivity contribution in [2.45, 2.75) is 13.5 Å². The molecule has 0 aliphatic carbocycles. The number of thiophene rings is 1. The summed E-state index contributed by atoms with van der Waals surface area (Å²) < 4.78 is 1.07. The molecule has 2 aromatic heterocycles. The number of halogens is 1. The molecule has 0 fully saturated rings. The van der Waals surface area contributed by atoms with Crippen molar-refractivity contribution in [3.05, 3.63) is 74.5 Å². The summed E-state index contributed by atoms with van der Waals surface area (Å²) in [6.45, 7) is 2.48. The maximum Gasteiger partial charge on any atom is 0.255 e. The number of carbonyl (C=O) groups is 1. The van der Waals surface area contributed by atoms with Crippen LogP contribution in [0.2, 0.25) is 0 Å². The molecule has 0 spiro atoms. The summed E-state index contributed by atoms with van der Waals surface area (Å²) in [4.78, 5) is 20.2. The molecular weight excluding hydrogens is 384 g/mol. The minimum atomic E-state index is -0.0101. The molecule has 0 atom stereocenters. The Morgan fingerprint density at radius 2 is 1.88 bits per heavy atom. The maximum absolute atomic E-state index is 12.7. The molecule has 2 heterocycles. The van der Waals surface area contributed by atoms with Crippen molar-refractivity contribution in [1.82, 2.24) is 9.88 Å². The van der Waals surface area contributed by atoms with Gasteiger partial charge in [-0.2, -0.15) is 0 Å².